The second-order valence-corrected chi connectivity index (χ2v) is 11.7. The number of amides is 1. The lowest BCUT2D eigenvalue weighted by Crippen LogP contribution is -2.35. The Morgan fingerprint density at radius 3 is 2.54 bits per heavy atom. The van der Waals surface area contributed by atoms with Gasteiger partial charge >= 0.3 is 0 Å². The number of hydrogen-bond acceptors (Lipinski definition) is 6. The van der Waals surface area contributed by atoms with Crippen LogP contribution in [0.3, 0.4) is 0 Å². The Balaban J connectivity index is 1.49. The minimum absolute atomic E-state index is 0.163. The largest absolute Gasteiger partial charge is 0.309 e. The molecule has 1 aromatic carbocycles. The molecule has 0 saturated heterocycles. The lowest BCUT2D eigenvalue weighted by Gasteiger charge is -2.27. The first-order valence-corrected chi connectivity index (χ1v) is 13.5. The van der Waals surface area contributed by atoms with E-state index in [2.05, 4.69) is 15.3 Å². The van der Waals surface area contributed by atoms with Crippen LogP contribution in [0.2, 0.25) is 0 Å². The molecule has 0 bridgehead atoms. The number of nitrogens with zero attached hydrogens (tertiary/aromatic N) is 3. The molecular formula is C25H27FN4O4S. The summed E-state index contributed by atoms with van der Waals surface area (Å²) in [5.41, 5.74) is -0.126. The molecule has 2 aliphatic carbocycles. The Labute approximate surface area is 202 Å². The maximum Gasteiger partial charge on any atom is 0.261 e. The number of nitrogens with one attached hydrogen (secondary N) is 1. The summed E-state index contributed by atoms with van der Waals surface area (Å²) in [7, 11) is -3.41. The van der Waals surface area contributed by atoms with Gasteiger partial charge in [0.15, 0.2) is 9.84 Å². The Bertz CT molecular complexity index is 1410. The van der Waals surface area contributed by atoms with Crippen molar-refractivity contribution in [2.24, 2.45) is 5.92 Å². The van der Waals surface area contributed by atoms with Crippen LogP contribution >= 0.6 is 0 Å². The van der Waals surface area contributed by atoms with Gasteiger partial charge in [-0.05, 0) is 55.5 Å². The fourth-order valence-electron chi connectivity index (χ4n) is 4.83. The van der Waals surface area contributed by atoms with Crippen LogP contribution in [0, 0.1) is 11.7 Å². The molecule has 1 N–H and O–H groups in total. The van der Waals surface area contributed by atoms with Gasteiger partial charge in [0, 0.05) is 0 Å². The molecule has 184 valence electrons. The quantitative estimate of drug-likeness (QED) is 0.527. The van der Waals surface area contributed by atoms with Gasteiger partial charge in [-0.2, -0.15) is 0 Å². The van der Waals surface area contributed by atoms with Crippen molar-refractivity contribution >= 4 is 32.5 Å². The molecule has 2 aliphatic rings. The first-order chi connectivity index (χ1) is 16.8. The number of halogens is 1. The van der Waals surface area contributed by atoms with Gasteiger partial charge in [0.25, 0.3) is 5.56 Å². The van der Waals surface area contributed by atoms with Crippen molar-refractivity contribution in [3.63, 3.8) is 0 Å². The highest BCUT2D eigenvalue weighted by Crippen LogP contribution is 2.34. The molecule has 1 unspecified atom stereocenters. The van der Waals surface area contributed by atoms with Gasteiger partial charge in [0.2, 0.25) is 5.91 Å². The molecule has 10 heteroatoms. The molecule has 35 heavy (non-hydrogen) atoms. The summed E-state index contributed by atoms with van der Waals surface area (Å²) in [4.78, 5) is 35.2. The van der Waals surface area contributed by atoms with Crippen molar-refractivity contribution in [3.8, 4) is 0 Å². The molecule has 0 spiro atoms. The zero-order valence-corrected chi connectivity index (χ0v) is 20.0. The topological polar surface area (TPSA) is 111 Å². The van der Waals surface area contributed by atoms with Crippen molar-refractivity contribution in [1.82, 2.24) is 14.5 Å². The molecule has 1 amide bonds. The third-order valence-electron chi connectivity index (χ3n) is 6.95. The fourth-order valence-corrected chi connectivity index (χ4v) is 6.50. The molecule has 3 aromatic rings. The maximum atomic E-state index is 13.4. The summed E-state index contributed by atoms with van der Waals surface area (Å²) < 4.78 is 39.8. The van der Waals surface area contributed by atoms with Crippen LogP contribution in [0.1, 0.15) is 57.4 Å². The number of aromatic nitrogens is 3. The van der Waals surface area contributed by atoms with Crippen LogP contribution in [0.15, 0.2) is 52.5 Å². The summed E-state index contributed by atoms with van der Waals surface area (Å²) in [5.74, 6) is -0.457. The Morgan fingerprint density at radius 1 is 1.09 bits per heavy atom. The summed E-state index contributed by atoms with van der Waals surface area (Å²) in [5, 5.41) is 2.59. The van der Waals surface area contributed by atoms with Crippen molar-refractivity contribution in [1.29, 1.82) is 0 Å². The van der Waals surface area contributed by atoms with E-state index >= 15 is 0 Å². The number of carbonyl (C=O) groups excluding carboxylic acids is 1. The van der Waals surface area contributed by atoms with Crippen molar-refractivity contribution in [3.05, 3.63) is 59.0 Å². The fraction of sp³-hybridized carbons (Fsp3) is 0.440. The third kappa shape index (κ3) is 4.98. The molecule has 2 aromatic heterocycles. The zero-order valence-electron chi connectivity index (χ0n) is 19.2. The highest BCUT2D eigenvalue weighted by molar-refractivity contribution is 7.92. The summed E-state index contributed by atoms with van der Waals surface area (Å²) in [6.07, 6.45) is 9.40. The molecule has 2 heterocycles. The maximum absolute atomic E-state index is 13.4. The lowest BCUT2D eigenvalue weighted by molar-refractivity contribution is -0.120. The van der Waals surface area contributed by atoms with Gasteiger partial charge in [-0.25, -0.2) is 22.8 Å². The van der Waals surface area contributed by atoms with Crippen molar-refractivity contribution < 1.29 is 17.6 Å². The van der Waals surface area contributed by atoms with E-state index < -0.39 is 33.2 Å². The van der Waals surface area contributed by atoms with E-state index in [1.54, 1.807) is 0 Å². The predicted octanol–water partition coefficient (Wildman–Crippen LogP) is 4.02. The second kappa shape index (κ2) is 9.49. The number of sulfone groups is 1. The number of fused-ring (bicyclic) bond motifs is 1. The standard InChI is InChI=1S/C25H27FN4O4S/c26-17-6-11-23(27-14-17)29-24(31)22(12-16-4-2-1-3-5-16)30-15-28-21-13-19(9-10-20(21)25(30)32)35(33,34)18-7-8-18/h6,9-11,13-16,18,22H,1-5,7-8,12H2,(H,27,29,31). The second-order valence-electron chi connectivity index (χ2n) is 9.49. The minimum atomic E-state index is -3.41. The number of hydrogen-bond donors (Lipinski definition) is 1. The average molecular weight is 499 g/mol. The zero-order chi connectivity index (χ0) is 24.6. The van der Waals surface area contributed by atoms with Crippen LogP contribution in [0.25, 0.3) is 10.9 Å². The number of pyridine rings is 1. The average Bonchev–Trinajstić information content (AvgIpc) is 3.71. The van der Waals surface area contributed by atoms with E-state index in [1.165, 1.54) is 41.2 Å². The minimum Gasteiger partial charge on any atom is -0.309 e. The molecular weight excluding hydrogens is 471 g/mol. The third-order valence-corrected chi connectivity index (χ3v) is 9.21. The van der Waals surface area contributed by atoms with Gasteiger partial charge in [-0.3, -0.25) is 14.2 Å². The van der Waals surface area contributed by atoms with E-state index in [0.717, 1.165) is 38.3 Å². The SMILES string of the molecule is O=C(Nc1ccc(F)cn1)C(CC1CCCCC1)n1cnc2cc(S(=O)(=O)C3CC3)ccc2c1=O. The van der Waals surface area contributed by atoms with Gasteiger partial charge in [-0.15, -0.1) is 0 Å². The molecule has 5 rings (SSSR count). The first-order valence-electron chi connectivity index (χ1n) is 12.0. The van der Waals surface area contributed by atoms with Crippen LogP contribution < -0.4 is 10.9 Å². The van der Waals surface area contributed by atoms with Crippen molar-refractivity contribution in [2.45, 2.75) is 67.6 Å². The molecule has 0 aliphatic heterocycles. The normalized spacial score (nSPS) is 17.9. The van der Waals surface area contributed by atoms with Gasteiger partial charge in [0.05, 0.1) is 33.6 Å². The summed E-state index contributed by atoms with van der Waals surface area (Å²) in [6, 6.07) is 6.11. The monoisotopic (exact) mass is 498 g/mol. The molecule has 8 nitrogen and oxygen atoms in total. The van der Waals surface area contributed by atoms with E-state index in [0.29, 0.717) is 19.3 Å². The Hall–Kier alpha value is -3.14. The number of anilines is 1. The highest BCUT2D eigenvalue weighted by Gasteiger charge is 2.37. The number of benzene rings is 1. The van der Waals surface area contributed by atoms with Crippen LogP contribution in [0.5, 0.6) is 0 Å². The van der Waals surface area contributed by atoms with E-state index in [4.69, 9.17) is 0 Å². The lowest BCUT2D eigenvalue weighted by atomic mass is 9.84. The Kier molecular flexibility index (Phi) is 6.39. The summed E-state index contributed by atoms with van der Waals surface area (Å²) >= 11 is 0. The summed E-state index contributed by atoms with van der Waals surface area (Å²) in [6.45, 7) is 0. The Morgan fingerprint density at radius 2 is 1.86 bits per heavy atom. The molecule has 1 atom stereocenters. The van der Waals surface area contributed by atoms with Crippen LogP contribution in [-0.2, 0) is 14.6 Å². The molecule has 2 saturated carbocycles. The van der Waals surface area contributed by atoms with Gasteiger partial charge < -0.3 is 5.32 Å². The molecule has 2 fully saturated rings. The number of rotatable bonds is 7. The van der Waals surface area contributed by atoms with Gasteiger partial charge in [-0.1, -0.05) is 32.1 Å². The van der Waals surface area contributed by atoms with E-state index in [-0.39, 0.29) is 32.8 Å². The smallest absolute Gasteiger partial charge is 0.261 e. The number of carbonyl (C=O) groups is 1. The van der Waals surface area contributed by atoms with Gasteiger partial charge in [0.1, 0.15) is 17.7 Å². The first kappa shape index (κ1) is 23.6. The predicted molar refractivity (Wildman–Crippen MR) is 129 cm³/mol. The van der Waals surface area contributed by atoms with Crippen molar-refractivity contribution in [2.75, 3.05) is 5.32 Å². The van der Waals surface area contributed by atoms with Crippen LogP contribution in [0.4, 0.5) is 10.2 Å². The molecule has 0 radical (unpaired) electrons. The highest BCUT2D eigenvalue weighted by atomic mass is 32.2. The van der Waals surface area contributed by atoms with E-state index in [1.807, 2.05) is 0 Å². The van der Waals surface area contributed by atoms with E-state index in [9.17, 15) is 22.4 Å². The van der Waals surface area contributed by atoms with Crippen LogP contribution in [-0.4, -0.2) is 34.1 Å².